The molecule has 0 saturated carbocycles. The van der Waals surface area contributed by atoms with E-state index in [0.717, 1.165) is 4.55 Å². The molecule has 0 bridgehead atoms. The van der Waals surface area contributed by atoms with E-state index in [4.69, 9.17) is 9.07 Å². The van der Waals surface area contributed by atoms with Crippen molar-refractivity contribution >= 4 is 28.3 Å². The van der Waals surface area contributed by atoms with Gasteiger partial charge in [0, 0.05) is 0 Å². The van der Waals surface area contributed by atoms with Crippen LogP contribution >= 0.6 is 9.07 Å². The Morgan fingerprint density at radius 1 is 1.71 bits per heavy atom. The lowest BCUT2D eigenvalue weighted by Gasteiger charge is -1.82. The summed E-state index contributed by atoms with van der Waals surface area (Å²) in [5, 5.41) is 0. The zero-order valence-electron chi connectivity index (χ0n) is 4.87. The fourth-order valence-electron chi connectivity index (χ4n) is 0.343. The molecule has 0 atom stereocenters. The highest BCUT2D eigenvalue weighted by atomic mass is 35.5. The Morgan fingerprint density at radius 2 is 2.29 bits per heavy atom. The molecule has 2 heteroatoms. The molecule has 0 aromatic heterocycles. The van der Waals surface area contributed by atoms with Crippen LogP contribution in [0.15, 0.2) is 11.6 Å². The predicted octanol–water partition coefficient (Wildman–Crippen LogP) is 2.23. The third-order valence-electron chi connectivity index (χ3n) is 0.662. The average molecular weight is 129 g/mol. The van der Waals surface area contributed by atoms with Crippen LogP contribution in [0, 0.1) is 0 Å². The van der Waals surface area contributed by atoms with E-state index in [-0.39, 0.29) is 19.3 Å². The van der Waals surface area contributed by atoms with Gasteiger partial charge in [0.1, 0.15) is 0 Å². The van der Waals surface area contributed by atoms with Gasteiger partial charge in [0.2, 0.25) is 0 Å². The molecule has 7 heavy (non-hydrogen) atoms. The van der Waals surface area contributed by atoms with Crippen molar-refractivity contribution in [1.29, 1.82) is 0 Å². The molecule has 0 aromatic carbocycles. The molecule has 0 amide bonds. The first-order valence-electron chi connectivity index (χ1n) is 2.46. The van der Waals surface area contributed by atoms with E-state index in [1.807, 2.05) is 0 Å². The normalized spacial score (nSPS) is 7.29. The quantitative estimate of drug-likeness (QED) is 0.396. The lowest BCUT2D eigenvalue weighted by molar-refractivity contribution is 1.36. The van der Waals surface area contributed by atoms with E-state index in [0.29, 0.717) is 0 Å². The van der Waals surface area contributed by atoms with Crippen LogP contribution in [0.4, 0.5) is 0 Å². The maximum atomic E-state index is 5.54. The maximum absolute atomic E-state index is 5.54. The lowest BCUT2D eigenvalue weighted by atomic mass is 10.3. The number of allylic oxidation sites excluding steroid dienone is 2. The minimum atomic E-state index is -0.233. The number of hydrogen-bond donors (Lipinski definition) is 0. The van der Waals surface area contributed by atoms with Gasteiger partial charge in [-0.1, -0.05) is 5.57 Å². The molecule has 0 aromatic rings. The highest BCUT2D eigenvalue weighted by Gasteiger charge is 1.82. The molecular formula is C5H9ClMg. The monoisotopic (exact) mass is 128 g/mol. The second-order valence-corrected chi connectivity index (χ2v) is 3.85. The molecule has 0 aliphatic rings. The second-order valence-electron chi connectivity index (χ2n) is 1.76. The van der Waals surface area contributed by atoms with Crippen LogP contribution in [0.5, 0.6) is 0 Å². The Balaban J connectivity index is 3.08. The van der Waals surface area contributed by atoms with Gasteiger partial charge in [0.05, 0.1) is 0 Å². The maximum Gasteiger partial charge on any atom is 0.504 e. The summed E-state index contributed by atoms with van der Waals surface area (Å²) in [4.78, 5) is 0. The second kappa shape index (κ2) is 4.94. The van der Waals surface area contributed by atoms with Crippen LogP contribution in [0.3, 0.4) is 0 Å². The van der Waals surface area contributed by atoms with Crippen molar-refractivity contribution in [1.82, 2.24) is 0 Å². The summed E-state index contributed by atoms with van der Waals surface area (Å²) in [6, 6.07) is 0. The fraction of sp³-hybridized carbons (Fsp3) is 0.600. The summed E-state index contributed by atoms with van der Waals surface area (Å²) in [6.07, 6.45) is 2.19. The van der Waals surface area contributed by atoms with Crippen LogP contribution in [-0.4, -0.2) is 19.3 Å². The topological polar surface area (TPSA) is 0 Å². The first-order valence-corrected chi connectivity index (χ1v) is 5.60. The van der Waals surface area contributed by atoms with Crippen molar-refractivity contribution in [2.45, 2.75) is 18.4 Å². The molecule has 0 spiro atoms. The molecule has 0 N–H and O–H groups in total. The van der Waals surface area contributed by atoms with Crippen LogP contribution in [-0.2, 0) is 0 Å². The summed E-state index contributed by atoms with van der Waals surface area (Å²) >= 11 is -0.233. The van der Waals surface area contributed by atoms with E-state index in [1.54, 1.807) is 0 Å². The molecule has 0 rings (SSSR count). The Bertz CT molecular complexity index is 64.5. The summed E-state index contributed by atoms with van der Waals surface area (Å²) in [7, 11) is 5.54. The zero-order valence-corrected chi connectivity index (χ0v) is 7.04. The van der Waals surface area contributed by atoms with Gasteiger partial charge in [0.25, 0.3) is 0 Å². The van der Waals surface area contributed by atoms with E-state index >= 15 is 0 Å². The summed E-state index contributed by atoms with van der Waals surface area (Å²) in [5.74, 6) is 0. The number of hydrogen-bond acceptors (Lipinski definition) is 0. The van der Waals surface area contributed by atoms with Crippen molar-refractivity contribution in [3.05, 3.63) is 11.6 Å². The third kappa shape index (κ3) is 6.80. The fourth-order valence-corrected chi connectivity index (χ4v) is 1.36. The van der Waals surface area contributed by atoms with Gasteiger partial charge < -0.3 is 9.07 Å². The Labute approximate surface area is 58.4 Å². The predicted molar refractivity (Wildman–Crippen MR) is 35.8 cm³/mol. The standard InChI is InChI=1S/C5H9.ClH.Mg/c1-4-5(2)3;;/h4H,1H2,2-3H3;1H;/q;;+1/p-1. The van der Waals surface area contributed by atoms with E-state index in [1.165, 1.54) is 5.57 Å². The van der Waals surface area contributed by atoms with Crippen molar-refractivity contribution in [3.63, 3.8) is 0 Å². The molecule has 0 fully saturated rings. The highest BCUT2D eigenvalue weighted by Crippen LogP contribution is 1.92. The van der Waals surface area contributed by atoms with E-state index in [2.05, 4.69) is 19.9 Å². The zero-order chi connectivity index (χ0) is 5.70. The third-order valence-corrected chi connectivity index (χ3v) is 1.82. The van der Waals surface area contributed by atoms with E-state index < -0.39 is 0 Å². The Morgan fingerprint density at radius 3 is 2.43 bits per heavy atom. The number of halogens is 1. The molecule has 0 unspecified atom stereocenters. The van der Waals surface area contributed by atoms with Crippen molar-refractivity contribution in [3.8, 4) is 0 Å². The molecule has 0 saturated heterocycles. The van der Waals surface area contributed by atoms with E-state index in [9.17, 15) is 0 Å². The van der Waals surface area contributed by atoms with Crippen LogP contribution < -0.4 is 0 Å². The molecular weight excluding hydrogens is 120 g/mol. The minimum Gasteiger partial charge on any atom is -0.346 e. The van der Waals surface area contributed by atoms with Crippen molar-refractivity contribution < 1.29 is 0 Å². The van der Waals surface area contributed by atoms with Gasteiger partial charge in [-0.15, -0.1) is 10.6 Å². The van der Waals surface area contributed by atoms with Crippen molar-refractivity contribution in [2.75, 3.05) is 0 Å². The highest BCUT2D eigenvalue weighted by molar-refractivity contribution is 6.93. The van der Waals surface area contributed by atoms with Crippen LogP contribution in [0.2, 0.25) is 4.55 Å². The average Bonchev–Trinajstić information content (AvgIpc) is 1.61. The van der Waals surface area contributed by atoms with Gasteiger partial charge in [0.15, 0.2) is 0 Å². The lowest BCUT2D eigenvalue weighted by Crippen LogP contribution is -1.71. The van der Waals surface area contributed by atoms with Gasteiger partial charge in [-0.3, -0.25) is 0 Å². The molecule has 38 valence electrons. The first-order chi connectivity index (χ1) is 3.27. The Hall–Kier alpha value is 0.796. The molecule has 0 aliphatic heterocycles. The smallest absolute Gasteiger partial charge is 0.346 e. The summed E-state index contributed by atoms with van der Waals surface area (Å²) in [5.41, 5.74) is 1.38. The summed E-state index contributed by atoms with van der Waals surface area (Å²) in [6.45, 7) is 4.20. The number of rotatable bonds is 2. The largest absolute Gasteiger partial charge is 0.504 e. The van der Waals surface area contributed by atoms with Gasteiger partial charge >= 0.3 is 19.3 Å². The summed E-state index contributed by atoms with van der Waals surface area (Å²) < 4.78 is 1.14. The first kappa shape index (κ1) is 7.80. The van der Waals surface area contributed by atoms with Crippen LogP contribution in [0.1, 0.15) is 13.8 Å². The van der Waals surface area contributed by atoms with Gasteiger partial charge in [-0.25, -0.2) is 0 Å². The van der Waals surface area contributed by atoms with Gasteiger partial charge in [-0.05, 0) is 13.8 Å². The SMILES string of the molecule is CC(C)=C[CH2][Mg][Cl]. The van der Waals surface area contributed by atoms with Crippen molar-refractivity contribution in [2.24, 2.45) is 0 Å². The molecule has 0 nitrogen and oxygen atoms in total. The Kier molecular flexibility index (Phi) is 5.51. The molecule has 0 radical (unpaired) electrons. The molecule has 0 aliphatic carbocycles. The molecule has 0 heterocycles. The van der Waals surface area contributed by atoms with Crippen LogP contribution in [0.25, 0.3) is 0 Å². The van der Waals surface area contributed by atoms with Gasteiger partial charge in [-0.2, -0.15) is 0 Å². The minimum absolute atomic E-state index is 0.233.